The van der Waals surface area contributed by atoms with Crippen LogP contribution in [-0.4, -0.2) is 61.6 Å². The number of carbonyl (C=O) groups is 2. The molecule has 2 aromatic carbocycles. The second-order valence-corrected chi connectivity index (χ2v) is 9.44. The Balaban J connectivity index is 1.51. The number of methoxy groups -OCH3 is 1. The van der Waals surface area contributed by atoms with Crippen LogP contribution in [0, 0.1) is 0 Å². The minimum Gasteiger partial charge on any atom is -0.491 e. The summed E-state index contributed by atoms with van der Waals surface area (Å²) in [5.41, 5.74) is 1.66. The first-order valence-electron chi connectivity index (χ1n) is 11.1. The fourth-order valence-corrected chi connectivity index (χ4v) is 5.11. The van der Waals surface area contributed by atoms with E-state index in [4.69, 9.17) is 21.1 Å². The number of benzene rings is 2. The maximum atomic E-state index is 13.5. The molecule has 1 aromatic heterocycles. The smallest absolute Gasteiger partial charge is 0.254 e. The summed E-state index contributed by atoms with van der Waals surface area (Å²) in [5, 5.41) is 2.69. The van der Waals surface area contributed by atoms with Gasteiger partial charge >= 0.3 is 0 Å². The van der Waals surface area contributed by atoms with E-state index < -0.39 is 0 Å². The number of nitrogens with zero attached hydrogens (tertiary/aromatic N) is 2. The summed E-state index contributed by atoms with van der Waals surface area (Å²) < 4.78 is 11.2. The molecule has 2 heterocycles. The largest absolute Gasteiger partial charge is 0.491 e. The van der Waals surface area contributed by atoms with Crippen molar-refractivity contribution in [1.29, 1.82) is 0 Å². The van der Waals surface area contributed by atoms with Crippen LogP contribution in [0.25, 0.3) is 0 Å². The maximum absolute atomic E-state index is 13.5. The third-order valence-corrected chi connectivity index (χ3v) is 7.08. The SMILES string of the molecule is COCCN(CC(=O)N1CCc2sccc2[C@@H]1COc1ccc(Cl)cc1)C(=O)c1ccccc1. The highest BCUT2D eigenvalue weighted by atomic mass is 35.5. The first-order valence-corrected chi connectivity index (χ1v) is 12.4. The lowest BCUT2D eigenvalue weighted by Crippen LogP contribution is -2.48. The molecule has 0 bridgehead atoms. The molecule has 1 aliphatic heterocycles. The normalized spacial score (nSPS) is 15.0. The summed E-state index contributed by atoms with van der Waals surface area (Å²) in [5.74, 6) is 0.398. The van der Waals surface area contributed by atoms with Gasteiger partial charge in [0, 0.05) is 35.7 Å². The molecular formula is C26H27ClN2O4S. The monoisotopic (exact) mass is 498 g/mol. The van der Waals surface area contributed by atoms with Crippen LogP contribution in [0.5, 0.6) is 5.75 Å². The molecule has 178 valence electrons. The Labute approximate surface area is 208 Å². The van der Waals surface area contributed by atoms with E-state index in [2.05, 4.69) is 11.4 Å². The Bertz CT molecular complexity index is 1100. The minimum absolute atomic E-state index is 0.0198. The lowest BCUT2D eigenvalue weighted by molar-refractivity contribution is -0.135. The Hall–Kier alpha value is -2.87. The number of fused-ring (bicyclic) bond motifs is 1. The van der Waals surface area contributed by atoms with Crippen molar-refractivity contribution in [3.63, 3.8) is 0 Å². The number of ether oxygens (including phenoxy) is 2. The maximum Gasteiger partial charge on any atom is 0.254 e. The van der Waals surface area contributed by atoms with Gasteiger partial charge in [0.1, 0.15) is 18.9 Å². The van der Waals surface area contributed by atoms with E-state index in [9.17, 15) is 9.59 Å². The number of amides is 2. The second-order valence-electron chi connectivity index (χ2n) is 8.00. The molecule has 0 fully saturated rings. The summed E-state index contributed by atoms with van der Waals surface area (Å²) in [6.07, 6.45) is 0.793. The molecule has 4 rings (SSSR count). The summed E-state index contributed by atoms with van der Waals surface area (Å²) in [7, 11) is 1.58. The zero-order valence-corrected chi connectivity index (χ0v) is 20.6. The van der Waals surface area contributed by atoms with Crippen LogP contribution >= 0.6 is 22.9 Å². The van der Waals surface area contributed by atoms with Gasteiger partial charge in [0.25, 0.3) is 5.91 Å². The molecule has 0 saturated heterocycles. The van der Waals surface area contributed by atoms with Crippen molar-refractivity contribution < 1.29 is 19.1 Å². The van der Waals surface area contributed by atoms with Crippen molar-refractivity contribution >= 4 is 34.8 Å². The molecule has 0 N–H and O–H groups in total. The van der Waals surface area contributed by atoms with Crippen LogP contribution in [-0.2, 0) is 16.0 Å². The average molecular weight is 499 g/mol. The van der Waals surface area contributed by atoms with E-state index in [1.807, 2.05) is 35.2 Å². The van der Waals surface area contributed by atoms with Crippen LogP contribution in [0.2, 0.25) is 5.02 Å². The van der Waals surface area contributed by atoms with Gasteiger partial charge in [-0.3, -0.25) is 9.59 Å². The third kappa shape index (κ3) is 5.78. The average Bonchev–Trinajstić information content (AvgIpc) is 3.35. The molecule has 0 saturated carbocycles. The number of hydrogen-bond donors (Lipinski definition) is 0. The van der Waals surface area contributed by atoms with Crippen molar-refractivity contribution in [1.82, 2.24) is 9.80 Å². The van der Waals surface area contributed by atoms with Gasteiger partial charge in [0.05, 0.1) is 12.6 Å². The Morgan fingerprint density at radius 3 is 2.62 bits per heavy atom. The zero-order chi connectivity index (χ0) is 23.9. The van der Waals surface area contributed by atoms with Crippen molar-refractivity contribution in [3.05, 3.63) is 87.1 Å². The van der Waals surface area contributed by atoms with E-state index >= 15 is 0 Å². The Kier molecular flexibility index (Phi) is 8.21. The molecule has 0 radical (unpaired) electrons. The van der Waals surface area contributed by atoms with Crippen molar-refractivity contribution in [2.45, 2.75) is 12.5 Å². The van der Waals surface area contributed by atoms with Gasteiger partial charge in [0.2, 0.25) is 5.91 Å². The van der Waals surface area contributed by atoms with E-state index in [1.165, 1.54) is 4.88 Å². The lowest BCUT2D eigenvalue weighted by atomic mass is 10.0. The predicted molar refractivity (Wildman–Crippen MR) is 134 cm³/mol. The fraction of sp³-hybridized carbons (Fsp3) is 0.308. The van der Waals surface area contributed by atoms with Gasteiger partial charge in [-0.25, -0.2) is 0 Å². The van der Waals surface area contributed by atoms with Gasteiger partial charge in [0.15, 0.2) is 0 Å². The first kappa shape index (κ1) is 24.3. The zero-order valence-electron chi connectivity index (χ0n) is 19.0. The molecule has 0 aliphatic carbocycles. The van der Waals surface area contributed by atoms with Crippen molar-refractivity contribution in [2.24, 2.45) is 0 Å². The van der Waals surface area contributed by atoms with E-state index in [-0.39, 0.29) is 24.4 Å². The number of carbonyl (C=O) groups excluding carboxylic acids is 2. The van der Waals surface area contributed by atoms with Crippen molar-refractivity contribution in [3.8, 4) is 5.75 Å². The standard InChI is InChI=1S/C26H27ClN2O4S/c1-32-15-14-28(26(31)19-5-3-2-4-6-19)17-25(30)29-13-11-24-22(12-16-34-24)23(29)18-33-21-9-7-20(27)8-10-21/h2-10,12,16,23H,11,13-15,17-18H2,1H3/t23-/m0/s1. The molecule has 3 aromatic rings. The number of hydrogen-bond acceptors (Lipinski definition) is 5. The molecule has 0 spiro atoms. The highest BCUT2D eigenvalue weighted by Gasteiger charge is 2.33. The highest BCUT2D eigenvalue weighted by molar-refractivity contribution is 7.10. The summed E-state index contributed by atoms with van der Waals surface area (Å²) in [6, 6.07) is 18.0. The lowest BCUT2D eigenvalue weighted by Gasteiger charge is -2.37. The molecular weight excluding hydrogens is 472 g/mol. The highest BCUT2D eigenvalue weighted by Crippen LogP contribution is 2.34. The van der Waals surface area contributed by atoms with Crippen LogP contribution in [0.3, 0.4) is 0 Å². The van der Waals surface area contributed by atoms with Crippen LogP contribution in [0.4, 0.5) is 0 Å². The Morgan fingerprint density at radius 2 is 1.88 bits per heavy atom. The summed E-state index contributed by atoms with van der Waals surface area (Å²) in [6.45, 7) is 1.57. The molecule has 1 aliphatic rings. The second kappa shape index (κ2) is 11.5. The molecule has 6 nitrogen and oxygen atoms in total. The first-order chi connectivity index (χ1) is 16.6. The molecule has 34 heavy (non-hydrogen) atoms. The van der Waals surface area contributed by atoms with Gasteiger partial charge in [-0.15, -0.1) is 11.3 Å². The van der Waals surface area contributed by atoms with Gasteiger partial charge in [-0.05, 0) is 59.8 Å². The van der Waals surface area contributed by atoms with Gasteiger partial charge in [-0.2, -0.15) is 0 Å². The quantitative estimate of drug-likeness (QED) is 0.429. The number of halogens is 1. The third-order valence-electron chi connectivity index (χ3n) is 5.84. The fourth-order valence-electron chi connectivity index (χ4n) is 4.05. The van der Waals surface area contributed by atoms with E-state index in [1.54, 1.807) is 47.6 Å². The predicted octanol–water partition coefficient (Wildman–Crippen LogP) is 4.70. The van der Waals surface area contributed by atoms with Crippen LogP contribution in [0.15, 0.2) is 66.0 Å². The number of thiophene rings is 1. The summed E-state index contributed by atoms with van der Waals surface area (Å²) in [4.78, 5) is 31.3. The van der Waals surface area contributed by atoms with Crippen LogP contribution < -0.4 is 4.74 Å². The molecule has 8 heteroatoms. The van der Waals surface area contributed by atoms with E-state index in [0.29, 0.717) is 42.6 Å². The van der Waals surface area contributed by atoms with E-state index in [0.717, 1.165) is 12.0 Å². The Morgan fingerprint density at radius 1 is 1.12 bits per heavy atom. The molecule has 1 atom stereocenters. The van der Waals surface area contributed by atoms with Crippen LogP contribution in [0.1, 0.15) is 26.8 Å². The summed E-state index contributed by atoms with van der Waals surface area (Å²) >= 11 is 7.69. The molecule has 2 amide bonds. The minimum atomic E-state index is -0.228. The van der Waals surface area contributed by atoms with Gasteiger partial charge in [-0.1, -0.05) is 29.8 Å². The topological polar surface area (TPSA) is 59.1 Å². The number of rotatable bonds is 9. The molecule has 0 unspecified atom stereocenters. The van der Waals surface area contributed by atoms with Crippen molar-refractivity contribution in [2.75, 3.05) is 40.0 Å². The van der Waals surface area contributed by atoms with Gasteiger partial charge < -0.3 is 19.3 Å².